The molecular formula is C24H11F11N2O2. The van der Waals surface area contributed by atoms with Crippen LogP contribution < -0.4 is 5.56 Å². The van der Waals surface area contributed by atoms with E-state index in [0.29, 0.717) is 16.7 Å². The van der Waals surface area contributed by atoms with E-state index in [1.165, 1.54) is 24.3 Å². The number of alkyl halides is 6. The predicted octanol–water partition coefficient (Wildman–Crippen LogP) is 5.98. The Morgan fingerprint density at radius 3 is 1.72 bits per heavy atom. The second kappa shape index (κ2) is 9.32. The molecule has 0 saturated heterocycles. The quantitative estimate of drug-likeness (QED) is 0.187. The molecule has 0 unspecified atom stereocenters. The van der Waals surface area contributed by atoms with Crippen molar-refractivity contribution in [3.05, 3.63) is 105 Å². The van der Waals surface area contributed by atoms with Crippen LogP contribution in [0.1, 0.15) is 17.0 Å². The SMILES string of the molecule is O=c1c2ccccc2nc(Cc2c(F)c(F)c(F)c(F)c2F)n1-c1ccc(C(O)(C(F)(F)F)C(F)(F)F)cc1. The molecule has 206 valence electrons. The Morgan fingerprint density at radius 2 is 1.21 bits per heavy atom. The molecule has 0 aliphatic rings. The van der Waals surface area contributed by atoms with Crippen LogP contribution in [0.5, 0.6) is 0 Å². The molecule has 0 spiro atoms. The lowest BCUT2D eigenvalue weighted by Gasteiger charge is -2.32. The van der Waals surface area contributed by atoms with E-state index in [4.69, 9.17) is 0 Å². The molecule has 0 radical (unpaired) electrons. The van der Waals surface area contributed by atoms with E-state index in [1.807, 2.05) is 0 Å². The fourth-order valence-electron chi connectivity index (χ4n) is 3.87. The average Bonchev–Trinajstić information content (AvgIpc) is 2.87. The lowest BCUT2D eigenvalue weighted by Crippen LogP contribution is -2.53. The summed E-state index contributed by atoms with van der Waals surface area (Å²) in [5.74, 6) is -12.2. The average molecular weight is 568 g/mol. The summed E-state index contributed by atoms with van der Waals surface area (Å²) < 4.78 is 150. The van der Waals surface area contributed by atoms with Gasteiger partial charge in [-0.05, 0) is 24.3 Å². The molecule has 0 amide bonds. The molecule has 4 aromatic rings. The maximum Gasteiger partial charge on any atom is 0.430 e. The van der Waals surface area contributed by atoms with Crippen molar-refractivity contribution >= 4 is 10.9 Å². The standard InChI is InChI=1S/C24H11F11N2O2/c25-16-13(17(26)19(28)20(29)18(16)27)9-15-36-14-4-2-1-3-12(14)21(38)37(15)11-7-5-10(6-8-11)22(39,23(30,31)32)24(33,34)35/h1-8,39H,9H2. The van der Waals surface area contributed by atoms with Gasteiger partial charge in [0.2, 0.25) is 5.82 Å². The first-order chi connectivity index (χ1) is 18.0. The summed E-state index contributed by atoms with van der Waals surface area (Å²) in [6.07, 6.45) is -13.6. The van der Waals surface area contributed by atoms with Gasteiger partial charge >= 0.3 is 12.4 Å². The van der Waals surface area contributed by atoms with Crippen LogP contribution in [0.3, 0.4) is 0 Å². The Balaban J connectivity index is 1.96. The summed E-state index contributed by atoms with van der Waals surface area (Å²) >= 11 is 0. The van der Waals surface area contributed by atoms with Crippen LogP contribution in [0.4, 0.5) is 48.3 Å². The van der Waals surface area contributed by atoms with Gasteiger partial charge in [0, 0.05) is 17.5 Å². The molecule has 4 rings (SSSR count). The van der Waals surface area contributed by atoms with Crippen molar-refractivity contribution in [2.24, 2.45) is 0 Å². The van der Waals surface area contributed by atoms with E-state index in [9.17, 15) is 58.2 Å². The lowest BCUT2D eigenvalue weighted by molar-refractivity contribution is -0.376. The Bertz CT molecular complexity index is 1600. The number of hydrogen-bond donors (Lipinski definition) is 1. The van der Waals surface area contributed by atoms with Crippen molar-refractivity contribution in [2.75, 3.05) is 0 Å². The molecule has 0 atom stereocenters. The largest absolute Gasteiger partial charge is 0.430 e. The summed E-state index contributed by atoms with van der Waals surface area (Å²) in [5.41, 5.74) is -9.99. The molecule has 15 heteroatoms. The Kier molecular flexibility index (Phi) is 6.70. The second-order valence-corrected chi connectivity index (χ2v) is 8.16. The molecule has 4 nitrogen and oxygen atoms in total. The van der Waals surface area contributed by atoms with Gasteiger partial charge in [-0.3, -0.25) is 9.36 Å². The number of rotatable bonds is 4. The molecule has 0 aliphatic carbocycles. The summed E-state index contributed by atoms with van der Waals surface area (Å²) in [6, 6.07) is 6.78. The Hall–Kier alpha value is -4.01. The Morgan fingerprint density at radius 1 is 0.718 bits per heavy atom. The van der Waals surface area contributed by atoms with E-state index < -0.39 is 81.7 Å². The minimum Gasteiger partial charge on any atom is -0.369 e. The number of fused-ring (bicyclic) bond motifs is 1. The summed E-state index contributed by atoms with van der Waals surface area (Å²) in [5, 5.41) is 9.42. The zero-order valence-corrected chi connectivity index (χ0v) is 18.7. The van der Waals surface area contributed by atoms with Crippen LogP contribution in [0, 0.1) is 29.1 Å². The number of hydrogen-bond acceptors (Lipinski definition) is 3. The van der Waals surface area contributed by atoms with Crippen molar-refractivity contribution in [3.8, 4) is 5.69 Å². The zero-order chi connectivity index (χ0) is 29.1. The van der Waals surface area contributed by atoms with Crippen LogP contribution in [-0.2, 0) is 12.0 Å². The highest BCUT2D eigenvalue weighted by molar-refractivity contribution is 5.77. The molecule has 0 saturated carbocycles. The lowest BCUT2D eigenvalue weighted by atomic mass is 9.92. The van der Waals surface area contributed by atoms with Gasteiger partial charge < -0.3 is 5.11 Å². The van der Waals surface area contributed by atoms with Crippen molar-refractivity contribution in [1.29, 1.82) is 0 Å². The first-order valence-electron chi connectivity index (χ1n) is 10.5. The van der Waals surface area contributed by atoms with Gasteiger partial charge in [0.1, 0.15) is 5.82 Å². The van der Waals surface area contributed by atoms with Crippen molar-refractivity contribution in [1.82, 2.24) is 9.55 Å². The summed E-state index contributed by atoms with van der Waals surface area (Å²) in [6.45, 7) is 0. The summed E-state index contributed by atoms with van der Waals surface area (Å²) in [7, 11) is 0. The van der Waals surface area contributed by atoms with Gasteiger partial charge in [0.25, 0.3) is 11.2 Å². The molecule has 39 heavy (non-hydrogen) atoms. The van der Waals surface area contributed by atoms with E-state index in [-0.39, 0.29) is 23.0 Å². The first-order valence-corrected chi connectivity index (χ1v) is 10.5. The molecule has 0 fully saturated rings. The van der Waals surface area contributed by atoms with Gasteiger partial charge in [-0.15, -0.1) is 0 Å². The van der Waals surface area contributed by atoms with E-state index >= 15 is 0 Å². The number of para-hydroxylation sites is 1. The van der Waals surface area contributed by atoms with E-state index in [0.717, 1.165) is 0 Å². The third-order valence-electron chi connectivity index (χ3n) is 5.84. The van der Waals surface area contributed by atoms with Crippen molar-refractivity contribution in [2.45, 2.75) is 24.4 Å². The predicted molar refractivity (Wildman–Crippen MR) is 112 cm³/mol. The highest BCUT2D eigenvalue weighted by atomic mass is 19.4. The smallest absolute Gasteiger partial charge is 0.369 e. The van der Waals surface area contributed by atoms with Crippen LogP contribution in [0.2, 0.25) is 0 Å². The molecule has 1 aromatic heterocycles. The minimum atomic E-state index is -6.20. The zero-order valence-electron chi connectivity index (χ0n) is 18.7. The van der Waals surface area contributed by atoms with Crippen LogP contribution >= 0.6 is 0 Å². The molecule has 3 aromatic carbocycles. The summed E-state index contributed by atoms with van der Waals surface area (Å²) in [4.78, 5) is 17.2. The van der Waals surface area contributed by atoms with Gasteiger partial charge in [0.15, 0.2) is 23.3 Å². The van der Waals surface area contributed by atoms with Gasteiger partial charge in [-0.25, -0.2) is 26.9 Å². The van der Waals surface area contributed by atoms with Crippen LogP contribution in [-0.4, -0.2) is 27.0 Å². The third-order valence-corrected chi connectivity index (χ3v) is 5.84. The van der Waals surface area contributed by atoms with E-state index in [2.05, 4.69) is 4.98 Å². The number of nitrogens with zero attached hydrogens (tertiary/aromatic N) is 2. The van der Waals surface area contributed by atoms with Crippen molar-refractivity contribution < 1.29 is 53.4 Å². The highest BCUT2D eigenvalue weighted by Crippen LogP contribution is 2.50. The number of aliphatic hydroxyl groups is 1. The van der Waals surface area contributed by atoms with Crippen LogP contribution in [0.15, 0.2) is 53.3 Å². The van der Waals surface area contributed by atoms with Crippen molar-refractivity contribution in [3.63, 3.8) is 0 Å². The monoisotopic (exact) mass is 568 g/mol. The normalized spacial score (nSPS) is 12.8. The molecular weight excluding hydrogens is 557 g/mol. The second-order valence-electron chi connectivity index (χ2n) is 8.16. The van der Waals surface area contributed by atoms with E-state index in [1.54, 1.807) is 0 Å². The van der Waals surface area contributed by atoms with Gasteiger partial charge in [-0.2, -0.15) is 26.3 Å². The first kappa shape index (κ1) is 28.0. The maximum atomic E-state index is 14.4. The van der Waals surface area contributed by atoms with Crippen LogP contribution in [0.25, 0.3) is 16.6 Å². The fraction of sp³-hybridized carbons (Fsp3) is 0.167. The molecule has 1 N–H and O–H groups in total. The molecule has 1 heterocycles. The van der Waals surface area contributed by atoms with Gasteiger partial charge in [0.05, 0.1) is 16.6 Å². The Labute approximate surface area is 209 Å². The minimum absolute atomic E-state index is 0.0993. The maximum absolute atomic E-state index is 14.4. The highest BCUT2D eigenvalue weighted by Gasteiger charge is 2.71. The number of aromatic nitrogens is 2. The molecule has 0 bridgehead atoms. The number of benzene rings is 3. The van der Waals surface area contributed by atoms with Gasteiger partial charge in [-0.1, -0.05) is 24.3 Å². The topological polar surface area (TPSA) is 55.1 Å². The molecule has 0 aliphatic heterocycles. The third kappa shape index (κ3) is 4.39. The number of halogens is 11. The fourth-order valence-corrected chi connectivity index (χ4v) is 3.87.